The molecule has 2 atom stereocenters. The lowest BCUT2D eigenvalue weighted by Crippen LogP contribution is -2.34. The number of esters is 1. The number of fused-ring (bicyclic) bond motifs is 2. The average molecular weight is 322 g/mol. The van der Waals surface area contributed by atoms with E-state index in [2.05, 4.69) is 58.0 Å². The summed E-state index contributed by atoms with van der Waals surface area (Å²) in [5.41, 5.74) is 1.22. The predicted octanol–water partition coefficient (Wildman–Crippen LogP) is 5.20. The maximum absolute atomic E-state index is 12.8. The van der Waals surface area contributed by atoms with Crippen molar-refractivity contribution >= 4 is 16.7 Å². The van der Waals surface area contributed by atoms with Gasteiger partial charge in [-0.2, -0.15) is 0 Å². The molecule has 2 aromatic carbocycles. The molecule has 126 valence electrons. The van der Waals surface area contributed by atoms with Crippen LogP contribution in [0.2, 0.25) is 0 Å². The topological polar surface area (TPSA) is 26.3 Å². The molecule has 2 unspecified atom stereocenters. The minimum atomic E-state index is -0.186. The number of benzene rings is 2. The van der Waals surface area contributed by atoms with Crippen molar-refractivity contribution in [3.63, 3.8) is 0 Å². The van der Waals surface area contributed by atoms with Gasteiger partial charge in [0.1, 0.15) is 6.61 Å². The maximum Gasteiger partial charge on any atom is 0.313 e. The van der Waals surface area contributed by atoms with E-state index in [0.717, 1.165) is 12.0 Å². The summed E-state index contributed by atoms with van der Waals surface area (Å²) in [6.07, 6.45) is 0.961. The normalized spacial score (nSPS) is 29.4. The molecule has 24 heavy (non-hydrogen) atoms. The summed E-state index contributed by atoms with van der Waals surface area (Å²) in [6.45, 7) is 9.32. The van der Waals surface area contributed by atoms with Gasteiger partial charge < -0.3 is 4.74 Å². The molecule has 2 fully saturated rings. The monoisotopic (exact) mass is 322 g/mol. The van der Waals surface area contributed by atoms with E-state index < -0.39 is 0 Å². The molecular weight excluding hydrogens is 296 g/mol. The SMILES string of the molecule is CC(C)CC1(C(=O)OCc2ccc3ccccc3c2)C2C1C2(C)C. The van der Waals surface area contributed by atoms with Crippen LogP contribution in [-0.2, 0) is 16.1 Å². The smallest absolute Gasteiger partial charge is 0.313 e. The second-order valence-electron chi connectivity index (χ2n) is 8.67. The molecule has 4 rings (SSSR count). The van der Waals surface area contributed by atoms with Crippen molar-refractivity contribution in [3.05, 3.63) is 48.0 Å². The van der Waals surface area contributed by atoms with Crippen molar-refractivity contribution in [2.45, 2.75) is 40.7 Å². The van der Waals surface area contributed by atoms with Gasteiger partial charge in [0.15, 0.2) is 0 Å². The Kier molecular flexibility index (Phi) is 3.32. The Labute approximate surface area is 144 Å². The van der Waals surface area contributed by atoms with Crippen molar-refractivity contribution in [1.82, 2.24) is 0 Å². The molecule has 0 aromatic heterocycles. The van der Waals surface area contributed by atoms with Gasteiger partial charge >= 0.3 is 5.97 Å². The zero-order chi connectivity index (χ0) is 17.1. The standard InChI is InChI=1S/C22H26O2/c1-14(2)12-22(18-19(22)21(18,3)4)20(23)24-13-15-9-10-16-7-5-6-8-17(16)11-15/h5-11,14,18-19H,12-13H2,1-4H3. The molecule has 0 N–H and O–H groups in total. The molecular formula is C22H26O2. The van der Waals surface area contributed by atoms with E-state index in [-0.39, 0.29) is 11.4 Å². The fourth-order valence-electron chi connectivity index (χ4n) is 5.19. The first-order chi connectivity index (χ1) is 11.4. The number of carbonyl (C=O) groups is 1. The highest BCUT2D eigenvalue weighted by molar-refractivity contribution is 5.86. The van der Waals surface area contributed by atoms with Crippen molar-refractivity contribution in [2.24, 2.45) is 28.6 Å². The quantitative estimate of drug-likeness (QED) is 0.707. The van der Waals surface area contributed by atoms with Gasteiger partial charge in [0.25, 0.3) is 0 Å². The fourth-order valence-corrected chi connectivity index (χ4v) is 5.19. The Morgan fingerprint density at radius 2 is 1.75 bits per heavy atom. The van der Waals surface area contributed by atoms with Crippen molar-refractivity contribution in [3.8, 4) is 0 Å². The summed E-state index contributed by atoms with van der Waals surface area (Å²) < 4.78 is 5.76. The van der Waals surface area contributed by atoms with Gasteiger partial charge in [0.05, 0.1) is 5.41 Å². The van der Waals surface area contributed by atoms with E-state index in [0.29, 0.717) is 29.8 Å². The molecule has 0 saturated heterocycles. The molecule has 0 radical (unpaired) electrons. The number of hydrogen-bond donors (Lipinski definition) is 0. The van der Waals surface area contributed by atoms with Gasteiger partial charge in [0, 0.05) is 0 Å². The molecule has 0 bridgehead atoms. The van der Waals surface area contributed by atoms with Crippen molar-refractivity contribution < 1.29 is 9.53 Å². The predicted molar refractivity (Wildman–Crippen MR) is 96.4 cm³/mol. The zero-order valence-electron chi connectivity index (χ0n) is 15.0. The largest absolute Gasteiger partial charge is 0.460 e. The van der Waals surface area contributed by atoms with E-state index in [9.17, 15) is 4.79 Å². The number of rotatable bonds is 5. The number of ether oxygens (including phenoxy) is 1. The number of carbonyl (C=O) groups excluding carboxylic acids is 1. The third kappa shape index (κ3) is 2.19. The highest BCUT2D eigenvalue weighted by atomic mass is 16.5. The van der Waals surface area contributed by atoms with Crippen LogP contribution in [0.5, 0.6) is 0 Å². The van der Waals surface area contributed by atoms with Crippen LogP contribution >= 0.6 is 0 Å². The zero-order valence-corrected chi connectivity index (χ0v) is 15.0. The van der Waals surface area contributed by atoms with Gasteiger partial charge in [-0.15, -0.1) is 0 Å². The third-order valence-corrected chi connectivity index (χ3v) is 6.14. The van der Waals surface area contributed by atoms with Crippen LogP contribution in [-0.4, -0.2) is 5.97 Å². The van der Waals surface area contributed by atoms with Gasteiger partial charge in [-0.25, -0.2) is 0 Å². The van der Waals surface area contributed by atoms with Crippen LogP contribution in [0.25, 0.3) is 10.8 Å². The fraction of sp³-hybridized carbons (Fsp3) is 0.500. The molecule has 0 heterocycles. The maximum atomic E-state index is 12.8. The molecule has 2 aromatic rings. The van der Waals surface area contributed by atoms with Gasteiger partial charge in [0.2, 0.25) is 0 Å². The van der Waals surface area contributed by atoms with E-state index in [1.807, 2.05) is 12.1 Å². The van der Waals surface area contributed by atoms with Crippen molar-refractivity contribution in [2.75, 3.05) is 0 Å². The first kappa shape index (κ1) is 15.7. The van der Waals surface area contributed by atoms with Crippen LogP contribution in [0.1, 0.15) is 39.7 Å². The van der Waals surface area contributed by atoms with Crippen LogP contribution < -0.4 is 0 Å². The first-order valence-electron chi connectivity index (χ1n) is 9.02. The molecule has 0 spiro atoms. The Bertz CT molecular complexity index is 790. The summed E-state index contributed by atoms with van der Waals surface area (Å²) in [7, 11) is 0. The minimum absolute atomic E-state index is 0.0266. The van der Waals surface area contributed by atoms with Gasteiger partial charge in [-0.05, 0) is 52.0 Å². The van der Waals surface area contributed by atoms with E-state index in [4.69, 9.17) is 4.74 Å². The molecule has 2 heteroatoms. The minimum Gasteiger partial charge on any atom is -0.460 e. The molecule has 0 amide bonds. The lowest BCUT2D eigenvalue weighted by molar-refractivity contribution is -0.157. The highest BCUT2D eigenvalue weighted by Gasteiger charge is 2.91. The molecule has 2 aliphatic carbocycles. The summed E-state index contributed by atoms with van der Waals surface area (Å²) in [5, 5.41) is 2.41. The Morgan fingerprint density at radius 1 is 1.08 bits per heavy atom. The molecule has 0 aliphatic heterocycles. The van der Waals surface area contributed by atoms with Crippen LogP contribution in [0.3, 0.4) is 0 Å². The molecule has 2 aliphatic rings. The van der Waals surface area contributed by atoms with Crippen LogP contribution in [0, 0.1) is 28.6 Å². The first-order valence-corrected chi connectivity index (χ1v) is 9.02. The van der Waals surface area contributed by atoms with E-state index in [1.165, 1.54) is 10.8 Å². The molecule has 2 saturated carbocycles. The van der Waals surface area contributed by atoms with Gasteiger partial charge in [-0.1, -0.05) is 64.1 Å². The van der Waals surface area contributed by atoms with E-state index >= 15 is 0 Å². The Morgan fingerprint density at radius 3 is 2.38 bits per heavy atom. The lowest BCUT2D eigenvalue weighted by Gasteiger charge is -2.30. The van der Waals surface area contributed by atoms with Crippen LogP contribution in [0.4, 0.5) is 0 Å². The van der Waals surface area contributed by atoms with Crippen LogP contribution in [0.15, 0.2) is 42.5 Å². The third-order valence-electron chi connectivity index (χ3n) is 6.14. The number of hydrogen-bond acceptors (Lipinski definition) is 2. The summed E-state index contributed by atoms with van der Waals surface area (Å²) >= 11 is 0. The Hall–Kier alpha value is -1.83. The second-order valence-corrected chi connectivity index (χ2v) is 8.67. The molecule has 2 nitrogen and oxygen atoms in total. The summed E-state index contributed by atoms with van der Waals surface area (Å²) in [5.74, 6) is 1.63. The average Bonchev–Trinajstić information content (AvgIpc) is 3.40. The van der Waals surface area contributed by atoms with Crippen molar-refractivity contribution in [1.29, 1.82) is 0 Å². The second kappa shape index (κ2) is 5.08. The Balaban J connectivity index is 1.46. The highest BCUT2D eigenvalue weighted by Crippen LogP contribution is 2.90. The summed E-state index contributed by atoms with van der Waals surface area (Å²) in [6, 6.07) is 14.5. The lowest BCUT2D eigenvalue weighted by atomic mass is 9.75. The van der Waals surface area contributed by atoms with E-state index in [1.54, 1.807) is 0 Å². The van der Waals surface area contributed by atoms with Gasteiger partial charge in [-0.3, -0.25) is 4.79 Å². The summed E-state index contributed by atoms with van der Waals surface area (Å²) in [4.78, 5) is 12.8.